The number of hydrogen-bond acceptors (Lipinski definition) is 4. The highest BCUT2D eigenvalue weighted by Gasteiger charge is 2.27. The van der Waals surface area contributed by atoms with Crippen LogP contribution >= 0.6 is 11.6 Å². The molecule has 0 saturated heterocycles. The Morgan fingerprint density at radius 2 is 2.03 bits per heavy atom. The van der Waals surface area contributed by atoms with Crippen molar-refractivity contribution < 1.29 is 19.1 Å². The van der Waals surface area contributed by atoms with Gasteiger partial charge in [0.25, 0.3) is 0 Å². The summed E-state index contributed by atoms with van der Waals surface area (Å²) < 4.78 is 14.5. The van der Waals surface area contributed by atoms with E-state index >= 15 is 0 Å². The van der Waals surface area contributed by atoms with E-state index in [1.54, 1.807) is 24.5 Å². The first-order valence-corrected chi connectivity index (χ1v) is 9.94. The van der Waals surface area contributed by atoms with E-state index in [2.05, 4.69) is 20.6 Å². The summed E-state index contributed by atoms with van der Waals surface area (Å²) in [5, 5.41) is 14.7. The van der Waals surface area contributed by atoms with Crippen molar-refractivity contribution in [2.45, 2.75) is 25.4 Å². The van der Waals surface area contributed by atoms with Gasteiger partial charge in [0.2, 0.25) is 0 Å². The van der Waals surface area contributed by atoms with Crippen molar-refractivity contribution in [3.8, 4) is 0 Å². The summed E-state index contributed by atoms with van der Waals surface area (Å²) in [5.74, 6) is -1.45. The predicted molar refractivity (Wildman–Crippen MR) is 111 cm³/mol. The summed E-state index contributed by atoms with van der Waals surface area (Å²) >= 11 is 6.07. The number of nitrogens with one attached hydrogen (secondary N) is 2. The van der Waals surface area contributed by atoms with Crippen LogP contribution in [0.25, 0.3) is 0 Å². The van der Waals surface area contributed by atoms with E-state index < -0.39 is 18.0 Å². The largest absolute Gasteiger partial charge is 0.478 e. The second-order valence-corrected chi connectivity index (χ2v) is 7.51. The number of aryl methyl sites for hydroxylation is 1. The molecule has 0 saturated carbocycles. The number of halogens is 2. The topological polar surface area (TPSA) is 104 Å². The highest BCUT2D eigenvalue weighted by molar-refractivity contribution is 6.31. The number of urea groups is 1. The van der Waals surface area contributed by atoms with Gasteiger partial charge in [-0.3, -0.25) is 9.97 Å². The molecule has 9 heteroatoms. The lowest BCUT2D eigenvalue weighted by atomic mass is 9.96. The van der Waals surface area contributed by atoms with Crippen LogP contribution in [0, 0.1) is 5.82 Å². The number of carbonyl (C=O) groups excluding carboxylic acids is 1. The number of rotatable bonds is 4. The quantitative estimate of drug-likeness (QED) is 0.574. The fourth-order valence-corrected chi connectivity index (χ4v) is 3.91. The summed E-state index contributed by atoms with van der Waals surface area (Å²) in [6, 6.07) is 6.91. The summed E-state index contributed by atoms with van der Waals surface area (Å²) in [6.45, 7) is -0.00676. The van der Waals surface area contributed by atoms with Crippen LogP contribution in [0.1, 0.15) is 44.3 Å². The number of nitrogens with zero attached hydrogens (tertiary/aromatic N) is 2. The van der Waals surface area contributed by atoms with Crippen LogP contribution in [0.4, 0.5) is 9.18 Å². The highest BCUT2D eigenvalue weighted by Crippen LogP contribution is 2.33. The van der Waals surface area contributed by atoms with Crippen molar-refractivity contribution >= 4 is 23.6 Å². The molecule has 31 heavy (non-hydrogen) atoms. The smallest absolute Gasteiger partial charge is 0.337 e. The molecule has 7 nitrogen and oxygen atoms in total. The average Bonchev–Trinajstić information content (AvgIpc) is 2.91. The lowest BCUT2D eigenvalue weighted by Gasteiger charge is -2.22. The van der Waals surface area contributed by atoms with Crippen LogP contribution in [0.5, 0.6) is 0 Å². The molecule has 0 aliphatic heterocycles. The number of amides is 2. The molecule has 0 bridgehead atoms. The number of carbonyl (C=O) groups is 2. The molecular formula is C22H18ClFN4O3. The summed E-state index contributed by atoms with van der Waals surface area (Å²) in [4.78, 5) is 31.9. The van der Waals surface area contributed by atoms with Crippen molar-refractivity contribution in [1.29, 1.82) is 0 Å². The maximum absolute atomic E-state index is 14.5. The molecule has 1 aliphatic rings. The zero-order valence-corrected chi connectivity index (χ0v) is 17.0. The number of aromatic nitrogens is 2. The lowest BCUT2D eigenvalue weighted by molar-refractivity contribution is 0.0696. The first kappa shape index (κ1) is 20.7. The summed E-state index contributed by atoms with van der Waals surface area (Å²) in [5.41, 5.74) is 3.34. The van der Waals surface area contributed by atoms with Crippen LogP contribution in [0.3, 0.4) is 0 Å². The summed E-state index contributed by atoms with van der Waals surface area (Å²) in [6.07, 6.45) is 5.70. The molecule has 4 rings (SSSR count). The Balaban J connectivity index is 1.55. The fraction of sp³-hybridized carbons (Fsp3) is 0.182. The Morgan fingerprint density at radius 3 is 2.81 bits per heavy atom. The highest BCUT2D eigenvalue weighted by atomic mass is 35.5. The van der Waals surface area contributed by atoms with Gasteiger partial charge in [-0.2, -0.15) is 0 Å². The average molecular weight is 441 g/mol. The van der Waals surface area contributed by atoms with Gasteiger partial charge >= 0.3 is 12.0 Å². The molecule has 1 atom stereocenters. The lowest BCUT2D eigenvalue weighted by Crippen LogP contribution is -2.38. The summed E-state index contributed by atoms with van der Waals surface area (Å²) in [7, 11) is 0. The first-order chi connectivity index (χ1) is 14.9. The minimum absolute atomic E-state index is 0.00676. The van der Waals surface area contributed by atoms with Crippen LogP contribution in [0.15, 0.2) is 48.9 Å². The molecule has 2 amide bonds. The van der Waals surface area contributed by atoms with Crippen LogP contribution in [-0.4, -0.2) is 27.1 Å². The first-order valence-electron chi connectivity index (χ1n) is 9.56. The van der Waals surface area contributed by atoms with E-state index in [1.165, 1.54) is 18.3 Å². The number of benzene rings is 1. The minimum Gasteiger partial charge on any atom is -0.478 e. The van der Waals surface area contributed by atoms with Crippen molar-refractivity contribution in [2.75, 3.05) is 0 Å². The molecule has 0 spiro atoms. The zero-order chi connectivity index (χ0) is 22.0. The Bertz CT molecular complexity index is 1170. The Morgan fingerprint density at radius 1 is 1.19 bits per heavy atom. The van der Waals surface area contributed by atoms with Gasteiger partial charge in [0.15, 0.2) is 0 Å². The molecular weight excluding hydrogens is 423 g/mol. The fourth-order valence-electron chi connectivity index (χ4n) is 3.67. The van der Waals surface area contributed by atoms with E-state index in [0.29, 0.717) is 29.7 Å². The standard InChI is InChI=1S/C22H18ClFN4O3/c23-17-8-13(21(29)30)9-26-19(17)11-27-22(31)28-20-15-2-1-3-18(24)14(15)5-4-12-6-7-25-10-16(12)20/h1-3,6-10,20H,4-5,11H2,(H,29,30)(H2,27,28,31). The molecule has 2 aromatic heterocycles. The number of carboxylic acids is 1. The number of aromatic carboxylic acids is 1. The van der Waals surface area contributed by atoms with Gasteiger partial charge in [0.05, 0.1) is 28.9 Å². The molecule has 3 N–H and O–H groups in total. The molecule has 1 aliphatic carbocycles. The SMILES string of the molecule is O=C(NCc1ncc(C(=O)O)cc1Cl)NC1c2cnccc2CCc2c(F)cccc21. The Labute approximate surface area is 182 Å². The zero-order valence-electron chi connectivity index (χ0n) is 16.2. The van der Waals surface area contributed by atoms with Gasteiger partial charge < -0.3 is 15.7 Å². The van der Waals surface area contributed by atoms with Gasteiger partial charge in [-0.15, -0.1) is 0 Å². The molecule has 1 aromatic carbocycles. The third kappa shape index (κ3) is 4.34. The van der Waals surface area contributed by atoms with E-state index in [9.17, 15) is 14.0 Å². The van der Waals surface area contributed by atoms with E-state index in [4.69, 9.17) is 16.7 Å². The minimum atomic E-state index is -1.14. The number of pyridine rings is 2. The predicted octanol–water partition coefficient (Wildman–Crippen LogP) is 3.65. The normalized spacial score (nSPS) is 14.7. The monoisotopic (exact) mass is 440 g/mol. The van der Waals surface area contributed by atoms with Gasteiger partial charge in [0.1, 0.15) is 5.82 Å². The molecule has 158 valence electrons. The van der Waals surface area contributed by atoms with Crippen LogP contribution in [0.2, 0.25) is 5.02 Å². The Hall–Kier alpha value is -3.52. The molecule has 0 fully saturated rings. The van der Waals surface area contributed by atoms with Gasteiger partial charge in [-0.25, -0.2) is 14.0 Å². The number of carboxylic acid groups (broad SMARTS) is 1. The second kappa shape index (κ2) is 8.69. The maximum Gasteiger partial charge on any atom is 0.337 e. The molecule has 2 heterocycles. The third-order valence-electron chi connectivity index (χ3n) is 5.22. The number of hydrogen-bond donors (Lipinski definition) is 3. The molecule has 3 aromatic rings. The van der Waals surface area contributed by atoms with E-state index in [-0.39, 0.29) is 22.9 Å². The molecule has 1 unspecified atom stereocenters. The van der Waals surface area contributed by atoms with Crippen LogP contribution in [-0.2, 0) is 19.4 Å². The van der Waals surface area contributed by atoms with Crippen molar-refractivity contribution in [2.24, 2.45) is 0 Å². The van der Waals surface area contributed by atoms with E-state index in [0.717, 1.165) is 11.1 Å². The second-order valence-electron chi connectivity index (χ2n) is 7.10. The van der Waals surface area contributed by atoms with Crippen molar-refractivity contribution in [3.63, 3.8) is 0 Å². The maximum atomic E-state index is 14.5. The van der Waals surface area contributed by atoms with Crippen LogP contribution < -0.4 is 10.6 Å². The van der Waals surface area contributed by atoms with E-state index in [1.807, 2.05) is 6.07 Å². The molecule has 0 radical (unpaired) electrons. The van der Waals surface area contributed by atoms with Crippen molar-refractivity contribution in [3.05, 3.63) is 93.3 Å². The van der Waals surface area contributed by atoms with Crippen molar-refractivity contribution in [1.82, 2.24) is 20.6 Å². The third-order valence-corrected chi connectivity index (χ3v) is 5.55. The van der Waals surface area contributed by atoms with Gasteiger partial charge in [-0.05, 0) is 47.7 Å². The van der Waals surface area contributed by atoms with Gasteiger partial charge in [0, 0.05) is 24.2 Å². The number of fused-ring (bicyclic) bond motifs is 2. The Kier molecular flexibility index (Phi) is 5.81. The van der Waals surface area contributed by atoms with Gasteiger partial charge in [-0.1, -0.05) is 23.7 Å².